The minimum atomic E-state index is 0.648. The van der Waals surface area contributed by atoms with E-state index in [1.807, 2.05) is 18.5 Å². The molecule has 3 atom stereocenters. The van der Waals surface area contributed by atoms with Crippen molar-refractivity contribution in [2.75, 3.05) is 13.6 Å². The van der Waals surface area contributed by atoms with Crippen LogP contribution in [0.25, 0.3) is 0 Å². The molecule has 0 bridgehead atoms. The number of nitrogens with one attached hydrogen (secondary N) is 1. The maximum atomic E-state index is 4.24. The predicted octanol–water partition coefficient (Wildman–Crippen LogP) is 3.46. The van der Waals surface area contributed by atoms with Crippen LogP contribution in [0.15, 0.2) is 24.5 Å². The lowest BCUT2D eigenvalue weighted by Crippen LogP contribution is -2.52. The highest BCUT2D eigenvalue weighted by Gasteiger charge is 2.31. The first-order valence-corrected chi connectivity index (χ1v) is 8.57. The first-order chi connectivity index (χ1) is 10.2. The Bertz CT molecular complexity index is 393. The highest BCUT2D eigenvalue weighted by molar-refractivity contribution is 5.08. The fourth-order valence-corrected chi connectivity index (χ4v) is 3.55. The number of aromatic nitrogens is 1. The van der Waals surface area contributed by atoms with Gasteiger partial charge in [-0.2, -0.15) is 0 Å². The van der Waals surface area contributed by atoms with Crippen molar-refractivity contribution in [3.05, 3.63) is 30.1 Å². The average molecular weight is 289 g/mol. The molecule has 0 aromatic carbocycles. The van der Waals surface area contributed by atoms with Crippen LogP contribution >= 0.6 is 0 Å². The topological polar surface area (TPSA) is 28.2 Å². The third kappa shape index (κ3) is 4.79. The minimum Gasteiger partial charge on any atom is -0.312 e. The fraction of sp³-hybridized carbons (Fsp3) is 0.722. The zero-order chi connectivity index (χ0) is 15.1. The summed E-state index contributed by atoms with van der Waals surface area (Å²) in [4.78, 5) is 6.77. The Morgan fingerprint density at radius 2 is 2.19 bits per heavy atom. The largest absolute Gasteiger partial charge is 0.312 e. The van der Waals surface area contributed by atoms with Crippen LogP contribution in [0.4, 0.5) is 0 Å². The Labute approximate surface area is 130 Å². The fourth-order valence-electron chi connectivity index (χ4n) is 3.55. The zero-order valence-electron chi connectivity index (χ0n) is 13.9. The molecule has 1 fully saturated rings. The van der Waals surface area contributed by atoms with Crippen molar-refractivity contribution in [3.63, 3.8) is 0 Å². The molecular weight excluding hydrogens is 258 g/mol. The van der Waals surface area contributed by atoms with Crippen LogP contribution in [0.3, 0.4) is 0 Å². The van der Waals surface area contributed by atoms with Gasteiger partial charge in [-0.1, -0.05) is 26.3 Å². The Morgan fingerprint density at radius 3 is 2.86 bits per heavy atom. The van der Waals surface area contributed by atoms with Crippen molar-refractivity contribution >= 4 is 0 Å². The van der Waals surface area contributed by atoms with Crippen molar-refractivity contribution in [1.29, 1.82) is 0 Å². The molecule has 0 amide bonds. The molecule has 1 aliphatic rings. The summed E-state index contributed by atoms with van der Waals surface area (Å²) in [5, 5.41) is 3.78. The summed E-state index contributed by atoms with van der Waals surface area (Å²) in [5.74, 6) is 0.894. The zero-order valence-corrected chi connectivity index (χ0v) is 13.9. The smallest absolute Gasteiger partial charge is 0.0312 e. The van der Waals surface area contributed by atoms with Crippen LogP contribution in [-0.4, -0.2) is 35.6 Å². The van der Waals surface area contributed by atoms with Gasteiger partial charge in [0.25, 0.3) is 0 Å². The first-order valence-electron chi connectivity index (χ1n) is 8.57. The third-order valence-corrected chi connectivity index (χ3v) is 4.88. The van der Waals surface area contributed by atoms with Gasteiger partial charge in [0.05, 0.1) is 0 Å². The standard InChI is InChI=1S/C18H31N3/c1-4-10-20-17-9-8-15(5-2)12-18(17)21(3)14-16-7-6-11-19-13-16/h6-7,11,13,15,17-18,20H,4-5,8-10,12,14H2,1-3H3. The molecule has 1 aliphatic carbocycles. The van der Waals surface area contributed by atoms with Crippen molar-refractivity contribution < 1.29 is 0 Å². The van der Waals surface area contributed by atoms with E-state index in [0.717, 1.165) is 19.0 Å². The second kappa shape index (κ2) is 8.50. The summed E-state index contributed by atoms with van der Waals surface area (Å²) in [6.07, 6.45) is 10.4. The predicted molar refractivity (Wildman–Crippen MR) is 89.2 cm³/mol. The number of hydrogen-bond acceptors (Lipinski definition) is 3. The van der Waals surface area contributed by atoms with Gasteiger partial charge in [0.2, 0.25) is 0 Å². The molecular formula is C18H31N3. The molecule has 1 aromatic rings. The van der Waals surface area contributed by atoms with Gasteiger partial charge >= 0.3 is 0 Å². The van der Waals surface area contributed by atoms with Crippen molar-refractivity contribution in [2.45, 2.75) is 64.6 Å². The monoisotopic (exact) mass is 289 g/mol. The molecule has 1 heterocycles. The molecule has 21 heavy (non-hydrogen) atoms. The van der Waals surface area contributed by atoms with E-state index >= 15 is 0 Å². The molecule has 1 saturated carbocycles. The second-order valence-corrected chi connectivity index (χ2v) is 6.49. The van der Waals surface area contributed by atoms with Crippen LogP contribution in [0.5, 0.6) is 0 Å². The molecule has 0 radical (unpaired) electrons. The van der Waals surface area contributed by atoms with Crippen LogP contribution in [-0.2, 0) is 6.54 Å². The van der Waals surface area contributed by atoms with Crippen LogP contribution in [0.1, 0.15) is 51.5 Å². The van der Waals surface area contributed by atoms with E-state index < -0.39 is 0 Å². The van der Waals surface area contributed by atoms with Crippen LogP contribution in [0, 0.1) is 5.92 Å². The van der Waals surface area contributed by atoms with Crippen molar-refractivity contribution in [3.8, 4) is 0 Å². The van der Waals surface area contributed by atoms with E-state index in [-0.39, 0.29) is 0 Å². The Hall–Kier alpha value is -0.930. The summed E-state index contributed by atoms with van der Waals surface area (Å²) in [5.41, 5.74) is 1.31. The highest BCUT2D eigenvalue weighted by atomic mass is 15.2. The number of nitrogens with zero attached hydrogens (tertiary/aromatic N) is 2. The van der Waals surface area contributed by atoms with Gasteiger partial charge in [0, 0.05) is 31.0 Å². The maximum absolute atomic E-state index is 4.24. The van der Waals surface area contributed by atoms with Gasteiger partial charge in [-0.25, -0.2) is 0 Å². The van der Waals surface area contributed by atoms with E-state index in [4.69, 9.17) is 0 Å². The summed E-state index contributed by atoms with van der Waals surface area (Å²) in [6, 6.07) is 5.51. The molecule has 1 N–H and O–H groups in total. The van der Waals surface area contributed by atoms with E-state index in [9.17, 15) is 0 Å². The molecule has 3 unspecified atom stereocenters. The van der Waals surface area contributed by atoms with Crippen LogP contribution in [0.2, 0.25) is 0 Å². The lowest BCUT2D eigenvalue weighted by molar-refractivity contribution is 0.112. The highest BCUT2D eigenvalue weighted by Crippen LogP contribution is 2.30. The van der Waals surface area contributed by atoms with Crippen molar-refractivity contribution in [2.24, 2.45) is 5.92 Å². The summed E-state index contributed by atoms with van der Waals surface area (Å²) in [7, 11) is 2.27. The number of pyridine rings is 1. The number of rotatable bonds is 7. The summed E-state index contributed by atoms with van der Waals surface area (Å²) < 4.78 is 0. The summed E-state index contributed by atoms with van der Waals surface area (Å²) in [6.45, 7) is 6.72. The minimum absolute atomic E-state index is 0.648. The number of likely N-dealkylation sites (N-methyl/N-ethyl adjacent to an activating group) is 1. The van der Waals surface area contributed by atoms with Gasteiger partial charge in [-0.15, -0.1) is 0 Å². The van der Waals surface area contributed by atoms with E-state index in [1.54, 1.807) is 0 Å². The molecule has 1 aromatic heterocycles. The van der Waals surface area contributed by atoms with E-state index in [0.29, 0.717) is 12.1 Å². The molecule has 0 spiro atoms. The SMILES string of the molecule is CCCNC1CCC(CC)CC1N(C)Cc1cccnc1. The van der Waals surface area contributed by atoms with E-state index in [2.05, 4.69) is 42.2 Å². The van der Waals surface area contributed by atoms with Gasteiger partial charge in [-0.05, 0) is 56.8 Å². The molecule has 2 rings (SSSR count). The van der Waals surface area contributed by atoms with Gasteiger partial charge in [-0.3, -0.25) is 9.88 Å². The molecule has 118 valence electrons. The normalized spacial score (nSPS) is 26.2. The Balaban J connectivity index is 1.99. The maximum Gasteiger partial charge on any atom is 0.0312 e. The van der Waals surface area contributed by atoms with E-state index in [1.165, 1.54) is 37.7 Å². The molecule has 3 nitrogen and oxygen atoms in total. The Morgan fingerprint density at radius 1 is 1.33 bits per heavy atom. The van der Waals surface area contributed by atoms with Crippen molar-refractivity contribution in [1.82, 2.24) is 15.2 Å². The third-order valence-electron chi connectivity index (χ3n) is 4.88. The number of hydrogen-bond donors (Lipinski definition) is 1. The van der Waals surface area contributed by atoms with Gasteiger partial charge < -0.3 is 5.32 Å². The van der Waals surface area contributed by atoms with Crippen LogP contribution < -0.4 is 5.32 Å². The van der Waals surface area contributed by atoms with Gasteiger partial charge in [0.1, 0.15) is 0 Å². The molecule has 3 heteroatoms. The average Bonchev–Trinajstić information content (AvgIpc) is 2.53. The Kier molecular flexibility index (Phi) is 6.65. The molecule has 0 aliphatic heterocycles. The lowest BCUT2D eigenvalue weighted by Gasteiger charge is -2.41. The molecule has 0 saturated heterocycles. The quantitative estimate of drug-likeness (QED) is 0.833. The lowest BCUT2D eigenvalue weighted by atomic mass is 9.80. The van der Waals surface area contributed by atoms with Gasteiger partial charge in [0.15, 0.2) is 0 Å². The first kappa shape index (κ1) is 16.4. The second-order valence-electron chi connectivity index (χ2n) is 6.49. The summed E-state index contributed by atoms with van der Waals surface area (Å²) >= 11 is 0.